The Bertz CT molecular complexity index is 2280. The molecule has 246 valence electrons. The van der Waals surface area contributed by atoms with E-state index in [9.17, 15) is 9.90 Å². The molecule has 1 saturated heterocycles. The molecular weight excluding hydrogens is 630 g/mol. The number of ether oxygens (including phenoxy) is 2. The third kappa shape index (κ3) is 6.88. The van der Waals surface area contributed by atoms with Crippen LogP contribution >= 0.6 is 0 Å². The Hall–Kier alpha value is -5.93. The smallest absolute Gasteiger partial charge is 0.335 e. The van der Waals surface area contributed by atoms with Crippen LogP contribution in [0.1, 0.15) is 50.6 Å². The van der Waals surface area contributed by atoms with Crippen molar-refractivity contribution in [1.82, 2.24) is 29.3 Å². The minimum absolute atomic E-state index is 0.0103. The molecule has 1 aliphatic heterocycles. The minimum atomic E-state index is -1.06. The first-order chi connectivity index (χ1) is 23.7. The highest BCUT2D eigenvalue weighted by Gasteiger charge is 2.24. The van der Waals surface area contributed by atoms with Gasteiger partial charge in [0.1, 0.15) is 24.1 Å². The van der Waals surface area contributed by atoms with E-state index in [1.165, 1.54) is 6.07 Å². The molecule has 0 amide bonds. The molecule has 0 saturated carbocycles. The molecule has 7 rings (SSSR count). The molecule has 0 bridgehead atoms. The van der Waals surface area contributed by atoms with Crippen molar-refractivity contribution in [2.24, 2.45) is 7.05 Å². The standard InChI is InChI=1S/C37H30F2N6O4/c1-22-12-23(6-7-24-18-41-44(2)19-24)17-40-33(22)21-49-36-5-3-4-31(43-36)28-16-29(38)26(13-30(28)39)15-35-42-32-9-8-25(37(46)47)14-34(32)45(35)20-27-10-11-48-27/h3-5,8-9,12-14,16-19,27H,10-11,15,20-21H2,1-2H3,(H,46,47)/t27-/m0/s1. The summed E-state index contributed by atoms with van der Waals surface area (Å²) in [4.78, 5) is 25.2. The van der Waals surface area contributed by atoms with Crippen molar-refractivity contribution in [3.63, 3.8) is 0 Å². The summed E-state index contributed by atoms with van der Waals surface area (Å²) < 4.78 is 46.2. The number of fused-ring (bicyclic) bond motifs is 1. The number of aromatic carboxylic acids is 1. The number of hydrogen-bond acceptors (Lipinski definition) is 7. The lowest BCUT2D eigenvalue weighted by atomic mass is 10.0. The maximum absolute atomic E-state index is 15.6. The van der Waals surface area contributed by atoms with Crippen LogP contribution in [-0.2, 0) is 31.4 Å². The first kappa shape index (κ1) is 31.7. The average molecular weight is 661 g/mol. The third-order valence-corrected chi connectivity index (χ3v) is 8.34. The van der Waals surface area contributed by atoms with Crippen molar-refractivity contribution in [3.8, 4) is 29.0 Å². The fourth-order valence-electron chi connectivity index (χ4n) is 5.61. The van der Waals surface area contributed by atoms with Gasteiger partial charge in [-0.25, -0.2) is 23.5 Å². The zero-order valence-corrected chi connectivity index (χ0v) is 26.7. The Morgan fingerprint density at radius 3 is 2.63 bits per heavy atom. The lowest BCUT2D eigenvalue weighted by Gasteiger charge is -2.27. The van der Waals surface area contributed by atoms with E-state index < -0.39 is 17.6 Å². The van der Waals surface area contributed by atoms with Crippen LogP contribution in [0.3, 0.4) is 0 Å². The Balaban J connectivity index is 1.08. The van der Waals surface area contributed by atoms with E-state index in [1.54, 1.807) is 47.4 Å². The summed E-state index contributed by atoms with van der Waals surface area (Å²) >= 11 is 0. The molecule has 1 atom stereocenters. The molecule has 5 heterocycles. The number of rotatable bonds is 9. The molecule has 0 aliphatic carbocycles. The predicted molar refractivity (Wildman–Crippen MR) is 176 cm³/mol. The number of benzene rings is 2. The summed E-state index contributed by atoms with van der Waals surface area (Å²) in [6.45, 7) is 3.10. The molecule has 0 radical (unpaired) electrons. The molecule has 0 spiro atoms. The topological polar surface area (TPSA) is 117 Å². The number of halogens is 2. The highest BCUT2D eigenvalue weighted by atomic mass is 19.1. The van der Waals surface area contributed by atoms with Gasteiger partial charge in [0.2, 0.25) is 5.88 Å². The van der Waals surface area contributed by atoms with Gasteiger partial charge in [0.05, 0.1) is 52.4 Å². The Morgan fingerprint density at radius 1 is 1.06 bits per heavy atom. The summed E-state index contributed by atoms with van der Waals surface area (Å²) in [5, 5.41) is 13.6. The van der Waals surface area contributed by atoms with Gasteiger partial charge in [-0.3, -0.25) is 9.67 Å². The van der Waals surface area contributed by atoms with Gasteiger partial charge < -0.3 is 19.1 Å². The number of aryl methyl sites for hydroxylation is 2. The zero-order chi connectivity index (χ0) is 34.1. The molecule has 1 aliphatic rings. The first-order valence-electron chi connectivity index (χ1n) is 15.6. The molecule has 1 fully saturated rings. The second kappa shape index (κ2) is 13.3. The molecular formula is C37H30F2N6O4. The van der Waals surface area contributed by atoms with E-state index in [-0.39, 0.29) is 47.4 Å². The van der Waals surface area contributed by atoms with E-state index in [0.717, 1.165) is 35.2 Å². The highest BCUT2D eigenvalue weighted by Crippen LogP contribution is 2.29. The summed E-state index contributed by atoms with van der Waals surface area (Å²) in [6.07, 6.45) is 5.96. The van der Waals surface area contributed by atoms with Crippen LogP contribution in [-0.4, -0.2) is 53.1 Å². The molecule has 49 heavy (non-hydrogen) atoms. The number of nitrogens with zero attached hydrogens (tertiary/aromatic N) is 6. The minimum Gasteiger partial charge on any atom is -0.478 e. The molecule has 1 N–H and O–H groups in total. The molecule has 0 unspecified atom stereocenters. The molecule has 10 nitrogen and oxygen atoms in total. The van der Waals surface area contributed by atoms with Crippen LogP contribution in [0.25, 0.3) is 22.3 Å². The number of hydrogen-bond donors (Lipinski definition) is 1. The SMILES string of the molecule is Cc1cc(C#Cc2cnn(C)c2)cnc1COc1cccc(-c2cc(F)c(Cc3nc4ccc(C(=O)O)cc4n3C[C@@H]3CCO3)cc2F)n1. The summed E-state index contributed by atoms with van der Waals surface area (Å²) in [5.41, 5.74) is 4.70. The molecule has 12 heteroatoms. The molecule has 6 aromatic rings. The van der Waals surface area contributed by atoms with Gasteiger partial charge >= 0.3 is 5.97 Å². The maximum atomic E-state index is 15.6. The maximum Gasteiger partial charge on any atom is 0.335 e. The zero-order valence-electron chi connectivity index (χ0n) is 26.7. The first-order valence-corrected chi connectivity index (χ1v) is 15.6. The summed E-state index contributed by atoms with van der Waals surface area (Å²) in [6, 6.07) is 13.7. The van der Waals surface area contributed by atoms with E-state index >= 15 is 8.78 Å². The van der Waals surface area contributed by atoms with Crippen molar-refractivity contribution >= 4 is 17.0 Å². The van der Waals surface area contributed by atoms with Crippen LogP contribution in [0.5, 0.6) is 5.88 Å². The van der Waals surface area contributed by atoms with Crippen LogP contribution in [0, 0.1) is 30.4 Å². The number of carboxylic acid groups (broad SMARTS) is 1. The van der Waals surface area contributed by atoms with E-state index in [2.05, 4.69) is 31.9 Å². The highest BCUT2D eigenvalue weighted by molar-refractivity contribution is 5.92. The second-order valence-electron chi connectivity index (χ2n) is 11.8. The fraction of sp³-hybridized carbons (Fsp3) is 0.216. The summed E-state index contributed by atoms with van der Waals surface area (Å²) in [5.74, 6) is 4.51. The van der Waals surface area contributed by atoms with Gasteiger partial charge in [0, 0.05) is 49.7 Å². The summed E-state index contributed by atoms with van der Waals surface area (Å²) in [7, 11) is 1.83. The fourth-order valence-corrected chi connectivity index (χ4v) is 5.61. The van der Waals surface area contributed by atoms with Gasteiger partial charge in [-0.15, -0.1) is 0 Å². The second-order valence-corrected chi connectivity index (χ2v) is 11.8. The van der Waals surface area contributed by atoms with Gasteiger partial charge in [-0.05, 0) is 66.9 Å². The lowest BCUT2D eigenvalue weighted by molar-refractivity contribution is -0.0589. The van der Waals surface area contributed by atoms with Gasteiger partial charge in [-0.1, -0.05) is 17.9 Å². The van der Waals surface area contributed by atoms with Crippen molar-refractivity contribution < 1.29 is 28.2 Å². The monoisotopic (exact) mass is 660 g/mol. The number of carbonyl (C=O) groups is 1. The van der Waals surface area contributed by atoms with Crippen LogP contribution in [0.2, 0.25) is 0 Å². The van der Waals surface area contributed by atoms with Crippen LogP contribution in [0.4, 0.5) is 8.78 Å². The largest absolute Gasteiger partial charge is 0.478 e. The average Bonchev–Trinajstić information content (AvgIpc) is 3.64. The van der Waals surface area contributed by atoms with Crippen LogP contribution < -0.4 is 4.74 Å². The van der Waals surface area contributed by atoms with Crippen molar-refractivity contribution in [2.75, 3.05) is 6.61 Å². The van der Waals surface area contributed by atoms with Crippen molar-refractivity contribution in [2.45, 2.75) is 39.0 Å². The Labute approximate surface area is 280 Å². The van der Waals surface area contributed by atoms with E-state index in [4.69, 9.17) is 9.47 Å². The third-order valence-electron chi connectivity index (χ3n) is 8.34. The Morgan fingerprint density at radius 2 is 1.90 bits per heavy atom. The predicted octanol–water partition coefficient (Wildman–Crippen LogP) is 5.87. The van der Waals surface area contributed by atoms with Crippen molar-refractivity contribution in [3.05, 3.63) is 124 Å². The molecule has 2 aromatic carbocycles. The van der Waals surface area contributed by atoms with Gasteiger partial charge in [0.25, 0.3) is 0 Å². The van der Waals surface area contributed by atoms with E-state index in [1.807, 2.05) is 30.8 Å². The Kier molecular flexibility index (Phi) is 8.59. The van der Waals surface area contributed by atoms with Crippen LogP contribution in [0.15, 0.2) is 73.2 Å². The number of aromatic nitrogens is 6. The van der Waals surface area contributed by atoms with E-state index in [0.29, 0.717) is 35.7 Å². The number of imidazole rings is 1. The quantitative estimate of drug-likeness (QED) is 0.192. The lowest BCUT2D eigenvalue weighted by Crippen LogP contribution is -2.31. The van der Waals surface area contributed by atoms with Gasteiger partial charge in [-0.2, -0.15) is 5.10 Å². The number of pyridine rings is 2. The van der Waals surface area contributed by atoms with Crippen molar-refractivity contribution in [1.29, 1.82) is 0 Å². The molecule has 4 aromatic heterocycles. The van der Waals surface area contributed by atoms with Gasteiger partial charge in [0.15, 0.2) is 0 Å². The normalized spacial score (nSPS) is 13.9. The number of carboxylic acids is 1.